The summed E-state index contributed by atoms with van der Waals surface area (Å²) in [7, 11) is -3.80. The van der Waals surface area contributed by atoms with Crippen LogP contribution in [0.25, 0.3) is 0 Å². The number of hydrogen-bond donors (Lipinski definition) is 2. The van der Waals surface area contributed by atoms with Gasteiger partial charge in [-0.15, -0.1) is 0 Å². The van der Waals surface area contributed by atoms with Crippen LogP contribution >= 0.6 is 0 Å². The van der Waals surface area contributed by atoms with E-state index in [2.05, 4.69) is 15.2 Å². The quantitative estimate of drug-likeness (QED) is 0.445. The van der Waals surface area contributed by atoms with Crippen molar-refractivity contribution in [3.05, 3.63) is 29.8 Å². The van der Waals surface area contributed by atoms with Gasteiger partial charge in [0.15, 0.2) is 6.79 Å². The van der Waals surface area contributed by atoms with Crippen LogP contribution in [0.1, 0.15) is 50.5 Å². The molecule has 1 spiro atoms. The third kappa shape index (κ3) is 6.23. The highest BCUT2D eigenvalue weighted by atomic mass is 32.2. The van der Waals surface area contributed by atoms with E-state index < -0.39 is 33.9 Å². The summed E-state index contributed by atoms with van der Waals surface area (Å²) in [5.41, 5.74) is 0.722. The second-order valence-corrected chi connectivity index (χ2v) is 10.8. The molecule has 2 N–H and O–H groups in total. The largest absolute Gasteiger partial charge is 0.449 e. The standard InChI is InChI=1S/C23H32N4O7S/c1-17-7-2-5-10-20(17)35(30,31)26-25-18-8-3-4-9-19(18)33-16-34-22(29)27-13-6-11-23(15-27)12-14-32-21(28)24-23/h2,5,7,10,19,26H,3-4,6,8-9,11-16H2,1H3,(H,24,28). The van der Waals surface area contributed by atoms with Crippen molar-refractivity contribution in [1.29, 1.82) is 0 Å². The van der Waals surface area contributed by atoms with Crippen molar-refractivity contribution >= 4 is 27.9 Å². The van der Waals surface area contributed by atoms with Gasteiger partial charge in [0.2, 0.25) is 0 Å². The monoisotopic (exact) mass is 508 g/mol. The normalized spacial score (nSPS) is 26.2. The van der Waals surface area contributed by atoms with Gasteiger partial charge in [-0.05, 0) is 50.7 Å². The maximum Gasteiger partial charge on any atom is 0.411 e. The van der Waals surface area contributed by atoms with E-state index >= 15 is 0 Å². The van der Waals surface area contributed by atoms with Gasteiger partial charge in [0.1, 0.15) is 6.10 Å². The number of nitrogens with one attached hydrogen (secondary N) is 2. The number of hydrogen-bond acceptors (Lipinski definition) is 8. The molecule has 35 heavy (non-hydrogen) atoms. The van der Waals surface area contributed by atoms with Gasteiger partial charge in [0, 0.05) is 19.5 Å². The molecule has 0 bridgehead atoms. The highest BCUT2D eigenvalue weighted by molar-refractivity contribution is 7.89. The van der Waals surface area contributed by atoms with E-state index in [4.69, 9.17) is 14.2 Å². The van der Waals surface area contributed by atoms with Crippen LogP contribution < -0.4 is 10.1 Å². The number of rotatable bonds is 6. The highest BCUT2D eigenvalue weighted by Gasteiger charge is 2.41. The molecule has 12 heteroatoms. The fourth-order valence-electron chi connectivity index (χ4n) is 4.80. The lowest BCUT2D eigenvalue weighted by Crippen LogP contribution is -2.62. The summed E-state index contributed by atoms with van der Waals surface area (Å²) in [4.78, 5) is 28.4. The molecule has 2 atom stereocenters. The van der Waals surface area contributed by atoms with Gasteiger partial charge in [-0.1, -0.05) is 24.6 Å². The topological polar surface area (TPSA) is 136 Å². The van der Waals surface area contributed by atoms with Crippen molar-refractivity contribution in [3.8, 4) is 0 Å². The molecule has 2 saturated heterocycles. The molecule has 3 aliphatic rings. The average molecular weight is 509 g/mol. The molecule has 0 radical (unpaired) electrons. The van der Waals surface area contributed by atoms with Gasteiger partial charge in [-0.2, -0.15) is 13.5 Å². The van der Waals surface area contributed by atoms with Crippen molar-refractivity contribution in [2.24, 2.45) is 5.10 Å². The van der Waals surface area contributed by atoms with E-state index in [9.17, 15) is 18.0 Å². The first kappa shape index (κ1) is 25.2. The maximum atomic E-state index is 12.7. The minimum Gasteiger partial charge on any atom is -0.449 e. The van der Waals surface area contributed by atoms with Crippen molar-refractivity contribution in [2.45, 2.75) is 68.4 Å². The first-order valence-corrected chi connectivity index (χ1v) is 13.4. The Bertz CT molecular complexity index is 1070. The number of hydrazone groups is 1. The third-order valence-corrected chi connectivity index (χ3v) is 8.05. The van der Waals surface area contributed by atoms with Crippen molar-refractivity contribution in [3.63, 3.8) is 0 Å². The van der Waals surface area contributed by atoms with Gasteiger partial charge in [-0.3, -0.25) is 0 Å². The van der Waals surface area contributed by atoms with Crippen molar-refractivity contribution in [1.82, 2.24) is 15.0 Å². The summed E-state index contributed by atoms with van der Waals surface area (Å²) in [5, 5.41) is 7.01. The number of aryl methyl sites for hydroxylation is 1. The molecule has 1 aliphatic carbocycles. The first-order valence-electron chi connectivity index (χ1n) is 11.9. The molecule has 0 aromatic heterocycles. The zero-order valence-corrected chi connectivity index (χ0v) is 20.6. The zero-order chi connectivity index (χ0) is 24.9. The highest BCUT2D eigenvalue weighted by Crippen LogP contribution is 2.28. The Kier molecular flexibility index (Phi) is 7.80. The van der Waals surface area contributed by atoms with E-state index in [1.807, 2.05) is 0 Å². The van der Waals surface area contributed by atoms with Crippen LogP contribution in [0.2, 0.25) is 0 Å². The zero-order valence-electron chi connectivity index (χ0n) is 19.8. The molecule has 1 aromatic carbocycles. The Balaban J connectivity index is 1.31. The molecule has 3 fully saturated rings. The van der Waals surface area contributed by atoms with Gasteiger partial charge >= 0.3 is 12.2 Å². The van der Waals surface area contributed by atoms with Crippen LogP contribution in [0, 0.1) is 6.92 Å². The Morgan fingerprint density at radius 2 is 2.11 bits per heavy atom. The van der Waals surface area contributed by atoms with Crippen LogP contribution in [0.4, 0.5) is 9.59 Å². The second kappa shape index (κ2) is 10.8. The SMILES string of the molecule is Cc1ccccc1S(=O)(=O)NN=C1CCCCC1OCOC(=O)N1CCCC2(CCOC(=O)N2)C1. The number of likely N-dealkylation sites (tertiary alicyclic amines) is 1. The predicted octanol–water partition coefficient (Wildman–Crippen LogP) is 2.65. The van der Waals surface area contributed by atoms with Crippen LogP contribution in [-0.2, 0) is 24.2 Å². The Hall–Kier alpha value is -2.86. The van der Waals surface area contributed by atoms with Gasteiger partial charge < -0.3 is 24.4 Å². The van der Waals surface area contributed by atoms with Crippen molar-refractivity contribution in [2.75, 3.05) is 26.5 Å². The fraction of sp³-hybridized carbons (Fsp3) is 0.609. The van der Waals surface area contributed by atoms with Gasteiger partial charge in [-0.25, -0.2) is 14.4 Å². The lowest BCUT2D eigenvalue weighted by atomic mass is 9.85. The molecule has 192 valence electrons. The van der Waals surface area contributed by atoms with E-state index in [0.717, 1.165) is 25.7 Å². The number of piperidine rings is 1. The summed E-state index contributed by atoms with van der Waals surface area (Å²) in [6.45, 7) is 2.68. The molecule has 2 amide bonds. The number of carbonyl (C=O) groups is 2. The van der Waals surface area contributed by atoms with Gasteiger partial charge in [0.05, 0.1) is 22.8 Å². The molecule has 2 aliphatic heterocycles. The summed E-state index contributed by atoms with van der Waals surface area (Å²) in [5.74, 6) is 0. The average Bonchev–Trinajstić information content (AvgIpc) is 2.83. The fourth-order valence-corrected chi connectivity index (χ4v) is 5.89. The molecule has 1 aromatic rings. The third-order valence-electron chi connectivity index (χ3n) is 6.68. The predicted molar refractivity (Wildman–Crippen MR) is 126 cm³/mol. The molecule has 11 nitrogen and oxygen atoms in total. The number of benzene rings is 1. The lowest BCUT2D eigenvalue weighted by Gasteiger charge is -2.44. The maximum absolute atomic E-state index is 12.7. The minimum absolute atomic E-state index is 0.173. The summed E-state index contributed by atoms with van der Waals surface area (Å²) < 4.78 is 41.4. The number of ether oxygens (including phenoxy) is 3. The first-order chi connectivity index (χ1) is 16.8. The summed E-state index contributed by atoms with van der Waals surface area (Å²) in [6.07, 6.45) is 3.76. The van der Waals surface area contributed by atoms with Crippen LogP contribution in [0.15, 0.2) is 34.3 Å². The molecule has 2 unspecified atom stereocenters. The number of alkyl carbamates (subject to hydrolysis) is 1. The molecule has 4 rings (SSSR count). The van der Waals surface area contributed by atoms with Crippen LogP contribution in [0.5, 0.6) is 0 Å². The Morgan fingerprint density at radius 3 is 2.91 bits per heavy atom. The molecular weight excluding hydrogens is 476 g/mol. The number of cyclic esters (lactones) is 1. The Morgan fingerprint density at radius 1 is 1.29 bits per heavy atom. The number of sulfonamides is 1. The smallest absolute Gasteiger partial charge is 0.411 e. The van der Waals surface area contributed by atoms with Crippen molar-refractivity contribution < 1.29 is 32.2 Å². The second-order valence-electron chi connectivity index (χ2n) is 9.21. The number of amides is 2. The van der Waals surface area contributed by atoms with Crippen LogP contribution in [0.3, 0.4) is 0 Å². The van der Waals surface area contributed by atoms with E-state index in [0.29, 0.717) is 50.2 Å². The molecular formula is C23H32N4O7S. The summed E-state index contributed by atoms with van der Waals surface area (Å²) >= 11 is 0. The van der Waals surface area contributed by atoms with E-state index in [-0.39, 0.29) is 11.7 Å². The Labute approximate surface area is 205 Å². The van der Waals surface area contributed by atoms with Crippen LogP contribution in [-0.4, -0.2) is 69.3 Å². The van der Waals surface area contributed by atoms with Gasteiger partial charge in [0.25, 0.3) is 10.0 Å². The van der Waals surface area contributed by atoms with E-state index in [1.54, 1.807) is 30.0 Å². The number of carbonyl (C=O) groups excluding carboxylic acids is 2. The minimum atomic E-state index is -3.80. The summed E-state index contributed by atoms with van der Waals surface area (Å²) in [6, 6.07) is 6.69. The molecule has 2 heterocycles. The van der Waals surface area contributed by atoms with E-state index in [1.165, 1.54) is 6.07 Å². The number of nitrogens with zero attached hydrogens (tertiary/aromatic N) is 2. The lowest BCUT2D eigenvalue weighted by molar-refractivity contribution is -0.0540. The molecule has 1 saturated carbocycles.